The second-order valence-corrected chi connectivity index (χ2v) is 5.78. The molecule has 0 atom stereocenters. The van der Waals surface area contributed by atoms with Crippen LogP contribution in [0.4, 0.5) is 17.3 Å². The Balaban J connectivity index is 2.20. The summed E-state index contributed by atoms with van der Waals surface area (Å²) in [5.41, 5.74) is 1.90. The lowest BCUT2D eigenvalue weighted by molar-refractivity contribution is -0.383. The quantitative estimate of drug-likeness (QED) is 0.399. The topological polar surface area (TPSA) is 136 Å². The van der Waals surface area contributed by atoms with Gasteiger partial charge in [0, 0.05) is 28.3 Å². The second kappa shape index (κ2) is 5.89. The minimum atomic E-state index is -0.778. The van der Waals surface area contributed by atoms with Crippen molar-refractivity contribution < 1.29 is 9.13 Å². The maximum absolute atomic E-state index is 11.3. The summed E-state index contributed by atoms with van der Waals surface area (Å²) in [5, 5.41) is 14.0. The zero-order valence-corrected chi connectivity index (χ0v) is 10.9. The lowest BCUT2D eigenvalue weighted by atomic mass is 10.1. The molecule has 0 aromatic carbocycles. The number of anilines is 2. The van der Waals surface area contributed by atoms with Crippen LogP contribution in [-0.4, -0.2) is 36.6 Å². The molecule has 0 saturated carbocycles. The van der Waals surface area contributed by atoms with Gasteiger partial charge in [-0.2, -0.15) is 0 Å². The maximum Gasteiger partial charge on any atom is 0.354 e. The molecule has 104 valence electrons. The van der Waals surface area contributed by atoms with Crippen molar-refractivity contribution >= 4 is 28.1 Å². The standard InChI is InChI=1S/C9H14N6O3S/c10-14-9-7(15(16)17)8(11-5-12-9)13-6-1-3-19(18)4-2-6/h5-6H,1-4,10H2,(H2,11,12,13,14). The van der Waals surface area contributed by atoms with Crippen LogP contribution in [0.3, 0.4) is 0 Å². The summed E-state index contributed by atoms with van der Waals surface area (Å²) < 4.78 is 11.3. The summed E-state index contributed by atoms with van der Waals surface area (Å²) in [6.07, 6.45) is 2.59. The Morgan fingerprint density at radius 3 is 2.58 bits per heavy atom. The molecule has 0 amide bonds. The molecule has 1 aliphatic rings. The van der Waals surface area contributed by atoms with Crippen molar-refractivity contribution in [2.45, 2.75) is 18.9 Å². The molecular weight excluding hydrogens is 272 g/mol. The Bertz CT molecular complexity index is 501. The van der Waals surface area contributed by atoms with E-state index in [0.717, 1.165) is 0 Å². The molecule has 2 rings (SSSR count). The fourth-order valence-electron chi connectivity index (χ4n) is 1.89. The highest BCUT2D eigenvalue weighted by molar-refractivity contribution is 7.85. The predicted octanol–water partition coefficient (Wildman–Crippen LogP) is -0.00660. The Morgan fingerprint density at radius 1 is 1.37 bits per heavy atom. The average molecular weight is 286 g/mol. The summed E-state index contributed by atoms with van der Waals surface area (Å²) >= 11 is 0. The SMILES string of the molecule is NNc1ncnc(NC2CCS(=O)CC2)c1[N+](=O)[O-]. The van der Waals surface area contributed by atoms with E-state index in [1.165, 1.54) is 6.33 Å². The van der Waals surface area contributed by atoms with Crippen LogP contribution in [0.2, 0.25) is 0 Å². The van der Waals surface area contributed by atoms with Crippen LogP contribution >= 0.6 is 0 Å². The van der Waals surface area contributed by atoms with E-state index in [9.17, 15) is 14.3 Å². The monoisotopic (exact) mass is 286 g/mol. The van der Waals surface area contributed by atoms with Gasteiger partial charge in [0.1, 0.15) is 6.33 Å². The van der Waals surface area contributed by atoms with Crippen molar-refractivity contribution in [3.63, 3.8) is 0 Å². The average Bonchev–Trinajstić information content (AvgIpc) is 2.40. The van der Waals surface area contributed by atoms with E-state index >= 15 is 0 Å². The van der Waals surface area contributed by atoms with E-state index < -0.39 is 15.7 Å². The first-order valence-electron chi connectivity index (χ1n) is 5.69. The number of nitrogens with zero attached hydrogens (tertiary/aromatic N) is 3. The molecule has 10 heteroatoms. The summed E-state index contributed by atoms with van der Waals surface area (Å²) in [5.74, 6) is 6.48. The van der Waals surface area contributed by atoms with Crippen LogP contribution in [0.1, 0.15) is 12.8 Å². The molecule has 2 heterocycles. The molecular formula is C9H14N6O3S. The van der Waals surface area contributed by atoms with E-state index in [1.54, 1.807) is 0 Å². The van der Waals surface area contributed by atoms with Gasteiger partial charge in [-0.15, -0.1) is 0 Å². The van der Waals surface area contributed by atoms with Crippen molar-refractivity contribution in [1.29, 1.82) is 0 Å². The molecule has 4 N–H and O–H groups in total. The highest BCUT2D eigenvalue weighted by Crippen LogP contribution is 2.29. The third-order valence-electron chi connectivity index (χ3n) is 2.87. The highest BCUT2D eigenvalue weighted by atomic mass is 32.2. The molecule has 0 spiro atoms. The molecule has 0 unspecified atom stereocenters. The smallest absolute Gasteiger partial charge is 0.354 e. The molecule has 1 aromatic heterocycles. The predicted molar refractivity (Wildman–Crippen MR) is 71.0 cm³/mol. The molecule has 19 heavy (non-hydrogen) atoms. The van der Waals surface area contributed by atoms with Crippen molar-refractivity contribution in [2.75, 3.05) is 22.2 Å². The zero-order valence-electron chi connectivity index (χ0n) is 10.0. The molecule has 0 radical (unpaired) electrons. The van der Waals surface area contributed by atoms with Gasteiger partial charge in [-0.1, -0.05) is 0 Å². The summed E-state index contributed by atoms with van der Waals surface area (Å²) in [7, 11) is -0.778. The van der Waals surface area contributed by atoms with Gasteiger partial charge in [-0.05, 0) is 12.8 Å². The molecule has 1 aromatic rings. The second-order valence-electron chi connectivity index (χ2n) is 4.09. The first kappa shape index (κ1) is 13.6. The zero-order chi connectivity index (χ0) is 13.8. The van der Waals surface area contributed by atoms with E-state index in [0.29, 0.717) is 24.3 Å². The highest BCUT2D eigenvalue weighted by Gasteiger charge is 2.26. The summed E-state index contributed by atoms with van der Waals surface area (Å²) in [4.78, 5) is 18.0. The van der Waals surface area contributed by atoms with Gasteiger partial charge >= 0.3 is 5.69 Å². The maximum atomic E-state index is 11.3. The molecule has 0 aliphatic carbocycles. The number of hydrogen-bond donors (Lipinski definition) is 3. The van der Waals surface area contributed by atoms with Gasteiger partial charge < -0.3 is 10.7 Å². The van der Waals surface area contributed by atoms with Gasteiger partial charge in [-0.3, -0.25) is 14.3 Å². The van der Waals surface area contributed by atoms with Crippen LogP contribution in [0.15, 0.2) is 6.33 Å². The fourth-order valence-corrected chi connectivity index (χ4v) is 3.19. The minimum absolute atomic E-state index is 0.0249. The molecule has 9 nitrogen and oxygen atoms in total. The minimum Gasteiger partial charge on any atom is -0.361 e. The van der Waals surface area contributed by atoms with Crippen molar-refractivity contribution in [3.8, 4) is 0 Å². The number of nitrogen functional groups attached to an aromatic ring is 1. The van der Waals surface area contributed by atoms with Crippen LogP contribution < -0.4 is 16.6 Å². The third kappa shape index (κ3) is 3.15. The van der Waals surface area contributed by atoms with Crippen molar-refractivity contribution in [1.82, 2.24) is 9.97 Å². The van der Waals surface area contributed by atoms with E-state index in [2.05, 4.69) is 20.7 Å². The normalized spacial score (nSPS) is 22.8. The van der Waals surface area contributed by atoms with E-state index in [4.69, 9.17) is 5.84 Å². The first-order valence-corrected chi connectivity index (χ1v) is 7.18. The summed E-state index contributed by atoms with van der Waals surface area (Å²) in [6.45, 7) is 0. The van der Waals surface area contributed by atoms with Gasteiger partial charge in [0.2, 0.25) is 11.6 Å². The number of aromatic nitrogens is 2. The number of nitrogens with one attached hydrogen (secondary N) is 2. The van der Waals surface area contributed by atoms with Gasteiger partial charge in [0.15, 0.2) is 0 Å². The van der Waals surface area contributed by atoms with Gasteiger partial charge in [0.25, 0.3) is 0 Å². The van der Waals surface area contributed by atoms with Crippen LogP contribution in [0.5, 0.6) is 0 Å². The molecule has 0 bridgehead atoms. The van der Waals surface area contributed by atoms with E-state index in [-0.39, 0.29) is 23.4 Å². The Hall–Kier alpha value is -1.81. The number of rotatable bonds is 4. The summed E-state index contributed by atoms with van der Waals surface area (Å²) in [6, 6.07) is 0.0249. The first-order chi connectivity index (χ1) is 9.11. The van der Waals surface area contributed by atoms with Crippen molar-refractivity contribution in [3.05, 3.63) is 16.4 Å². The molecule has 1 fully saturated rings. The number of nitro groups is 1. The van der Waals surface area contributed by atoms with Crippen LogP contribution in [0, 0.1) is 10.1 Å². The Kier molecular flexibility index (Phi) is 4.22. The van der Waals surface area contributed by atoms with E-state index in [1.807, 2.05) is 0 Å². The molecule has 1 aliphatic heterocycles. The fraction of sp³-hybridized carbons (Fsp3) is 0.556. The number of hydrazine groups is 1. The number of hydrogen-bond acceptors (Lipinski definition) is 8. The van der Waals surface area contributed by atoms with Crippen LogP contribution in [0.25, 0.3) is 0 Å². The Labute approximate surface area is 111 Å². The lowest BCUT2D eigenvalue weighted by Crippen LogP contribution is -2.30. The van der Waals surface area contributed by atoms with Gasteiger partial charge in [0.05, 0.1) is 4.92 Å². The van der Waals surface area contributed by atoms with Crippen LogP contribution in [-0.2, 0) is 10.8 Å². The van der Waals surface area contributed by atoms with Crippen molar-refractivity contribution in [2.24, 2.45) is 5.84 Å². The number of nitrogens with two attached hydrogens (primary N) is 1. The lowest BCUT2D eigenvalue weighted by Gasteiger charge is -2.22. The molecule has 1 saturated heterocycles. The Morgan fingerprint density at radius 2 is 2.00 bits per heavy atom. The third-order valence-corrected chi connectivity index (χ3v) is 4.25. The van der Waals surface area contributed by atoms with Gasteiger partial charge in [-0.25, -0.2) is 15.8 Å². The largest absolute Gasteiger partial charge is 0.361 e.